The molecule has 2 N–H and O–H groups in total. The maximum Gasteiger partial charge on any atom is 0.155 e. The molecule has 0 radical (unpaired) electrons. The van der Waals surface area contributed by atoms with Crippen LogP contribution in [0, 0.1) is 0 Å². The minimum Gasteiger partial charge on any atom is -0.327 e. The Labute approximate surface area is 110 Å². The van der Waals surface area contributed by atoms with Crippen LogP contribution in [0.15, 0.2) is 0 Å². The van der Waals surface area contributed by atoms with E-state index in [9.17, 15) is 16.8 Å². The van der Waals surface area contributed by atoms with Gasteiger partial charge < -0.3 is 5.73 Å². The summed E-state index contributed by atoms with van der Waals surface area (Å²) < 4.78 is 46.5. The fourth-order valence-corrected chi connectivity index (χ4v) is 5.98. The van der Waals surface area contributed by atoms with Crippen molar-refractivity contribution in [3.63, 3.8) is 0 Å². The quantitative estimate of drug-likeness (QED) is 0.815. The number of hydrogen-bond donors (Lipinski definition) is 1. The molecule has 108 valence electrons. The molecule has 5 nitrogen and oxygen atoms in total. The predicted molar refractivity (Wildman–Crippen MR) is 73.0 cm³/mol. The van der Waals surface area contributed by atoms with Crippen LogP contribution >= 0.6 is 0 Å². The minimum atomic E-state index is -3.41. The average Bonchev–Trinajstić information content (AvgIpc) is 2.20. The third kappa shape index (κ3) is 5.24. The zero-order valence-corrected chi connectivity index (χ0v) is 12.5. The van der Waals surface area contributed by atoms with E-state index in [0.717, 1.165) is 31.9 Å². The Morgan fingerprint density at radius 3 is 2.06 bits per heavy atom. The molecule has 7 heteroatoms. The summed E-state index contributed by atoms with van der Waals surface area (Å²) >= 11 is 0. The van der Waals surface area contributed by atoms with E-state index in [2.05, 4.69) is 0 Å². The highest BCUT2D eigenvalue weighted by Crippen LogP contribution is 2.22. The Kier molecular flexibility index (Phi) is 5.61. The standard InChI is InChI=1S/C11H23NO4S2/c1-17(13,14)8-9-18(15,16)11-7-5-3-2-4-6-10(11)12/h10-11H,2-9,12H2,1H3. The van der Waals surface area contributed by atoms with Gasteiger partial charge in [0.15, 0.2) is 9.84 Å². The fourth-order valence-electron chi connectivity index (χ4n) is 2.34. The van der Waals surface area contributed by atoms with Crippen molar-refractivity contribution in [2.75, 3.05) is 17.8 Å². The number of nitrogens with two attached hydrogens (primary N) is 1. The molecule has 0 amide bonds. The van der Waals surface area contributed by atoms with Crippen molar-refractivity contribution in [1.29, 1.82) is 0 Å². The molecule has 0 aromatic heterocycles. The fraction of sp³-hybridized carbons (Fsp3) is 1.00. The third-order valence-electron chi connectivity index (χ3n) is 3.45. The summed E-state index contributed by atoms with van der Waals surface area (Å²) in [5.41, 5.74) is 5.95. The predicted octanol–water partition coefficient (Wildman–Crippen LogP) is 0.496. The van der Waals surface area contributed by atoms with Gasteiger partial charge in [-0.15, -0.1) is 0 Å². The molecular formula is C11H23NO4S2. The van der Waals surface area contributed by atoms with Crippen molar-refractivity contribution in [1.82, 2.24) is 0 Å². The van der Waals surface area contributed by atoms with E-state index in [1.54, 1.807) is 0 Å². The van der Waals surface area contributed by atoms with Crippen LogP contribution in [0.5, 0.6) is 0 Å². The van der Waals surface area contributed by atoms with E-state index in [0.29, 0.717) is 12.8 Å². The largest absolute Gasteiger partial charge is 0.327 e. The van der Waals surface area contributed by atoms with Gasteiger partial charge in [-0.3, -0.25) is 0 Å². The van der Waals surface area contributed by atoms with Gasteiger partial charge in [0, 0.05) is 12.3 Å². The zero-order chi connectivity index (χ0) is 13.8. The summed E-state index contributed by atoms with van der Waals surface area (Å²) in [5.74, 6) is -0.608. The lowest BCUT2D eigenvalue weighted by atomic mass is 9.97. The monoisotopic (exact) mass is 297 g/mol. The van der Waals surface area contributed by atoms with Gasteiger partial charge in [0.2, 0.25) is 0 Å². The highest BCUT2D eigenvalue weighted by atomic mass is 32.2. The molecule has 1 aliphatic rings. The number of rotatable bonds is 4. The van der Waals surface area contributed by atoms with Crippen LogP contribution in [-0.2, 0) is 19.7 Å². The van der Waals surface area contributed by atoms with Gasteiger partial charge in [0.25, 0.3) is 0 Å². The molecule has 1 aliphatic carbocycles. The number of sulfone groups is 2. The van der Waals surface area contributed by atoms with Crippen molar-refractivity contribution < 1.29 is 16.8 Å². The molecule has 18 heavy (non-hydrogen) atoms. The molecule has 2 atom stereocenters. The maximum atomic E-state index is 12.2. The zero-order valence-electron chi connectivity index (χ0n) is 10.8. The third-order valence-corrected chi connectivity index (χ3v) is 6.94. The van der Waals surface area contributed by atoms with E-state index in [4.69, 9.17) is 5.73 Å². The molecule has 2 unspecified atom stereocenters. The number of hydrogen-bond acceptors (Lipinski definition) is 5. The summed E-state index contributed by atoms with van der Waals surface area (Å²) in [6.45, 7) is 0. The summed E-state index contributed by atoms with van der Waals surface area (Å²) in [4.78, 5) is 0. The molecule has 0 heterocycles. The van der Waals surface area contributed by atoms with Crippen LogP contribution in [0.4, 0.5) is 0 Å². The van der Waals surface area contributed by atoms with Gasteiger partial charge in [-0.2, -0.15) is 0 Å². The smallest absolute Gasteiger partial charge is 0.155 e. The van der Waals surface area contributed by atoms with Crippen molar-refractivity contribution in [2.45, 2.75) is 49.8 Å². The van der Waals surface area contributed by atoms with E-state index >= 15 is 0 Å². The summed E-state index contributed by atoms with van der Waals surface area (Å²) in [6.07, 6.45) is 6.28. The topological polar surface area (TPSA) is 94.3 Å². The SMILES string of the molecule is CS(=O)(=O)CCS(=O)(=O)C1CCCCCCC1N. The van der Waals surface area contributed by atoms with Gasteiger partial charge >= 0.3 is 0 Å². The Morgan fingerprint density at radius 2 is 1.50 bits per heavy atom. The minimum absolute atomic E-state index is 0.301. The first-order valence-electron chi connectivity index (χ1n) is 6.37. The summed E-state index contributed by atoms with van der Waals surface area (Å²) in [7, 11) is -6.66. The first-order chi connectivity index (χ1) is 8.22. The van der Waals surface area contributed by atoms with Crippen LogP contribution in [0.25, 0.3) is 0 Å². The second kappa shape index (κ2) is 6.34. The maximum absolute atomic E-state index is 12.2. The van der Waals surface area contributed by atoms with Gasteiger partial charge in [0.05, 0.1) is 16.8 Å². The van der Waals surface area contributed by atoms with E-state index in [1.807, 2.05) is 0 Å². The van der Waals surface area contributed by atoms with Crippen LogP contribution in [0.1, 0.15) is 38.5 Å². The lowest BCUT2D eigenvalue weighted by Gasteiger charge is -2.26. The van der Waals surface area contributed by atoms with Gasteiger partial charge in [-0.05, 0) is 12.8 Å². The van der Waals surface area contributed by atoms with E-state index < -0.39 is 24.9 Å². The molecule has 1 rings (SSSR count). The highest BCUT2D eigenvalue weighted by Gasteiger charge is 2.31. The second-order valence-corrected chi connectivity index (χ2v) is 9.79. The van der Waals surface area contributed by atoms with Crippen LogP contribution in [-0.4, -0.2) is 45.9 Å². The molecule has 1 fully saturated rings. The van der Waals surface area contributed by atoms with Crippen molar-refractivity contribution in [3.8, 4) is 0 Å². The van der Waals surface area contributed by atoms with Crippen molar-refractivity contribution >= 4 is 19.7 Å². The van der Waals surface area contributed by atoms with Crippen molar-refractivity contribution in [2.24, 2.45) is 5.73 Å². The van der Waals surface area contributed by atoms with Crippen LogP contribution < -0.4 is 5.73 Å². The lowest BCUT2D eigenvalue weighted by Crippen LogP contribution is -2.43. The lowest BCUT2D eigenvalue weighted by molar-refractivity contribution is 0.444. The normalized spacial score (nSPS) is 27.4. The molecule has 0 spiro atoms. The van der Waals surface area contributed by atoms with Gasteiger partial charge in [-0.1, -0.05) is 25.7 Å². The average molecular weight is 297 g/mol. The first-order valence-corrected chi connectivity index (χ1v) is 10.1. The van der Waals surface area contributed by atoms with E-state index in [1.165, 1.54) is 0 Å². The molecule has 0 aromatic rings. The van der Waals surface area contributed by atoms with Crippen LogP contribution in [0.3, 0.4) is 0 Å². The molecule has 0 bridgehead atoms. The second-order valence-electron chi connectivity index (χ2n) is 5.19. The molecule has 0 aromatic carbocycles. The van der Waals surface area contributed by atoms with Gasteiger partial charge in [-0.25, -0.2) is 16.8 Å². The Morgan fingerprint density at radius 1 is 0.944 bits per heavy atom. The van der Waals surface area contributed by atoms with Crippen LogP contribution in [0.2, 0.25) is 0 Å². The van der Waals surface area contributed by atoms with E-state index in [-0.39, 0.29) is 17.5 Å². The molecular weight excluding hydrogens is 274 g/mol. The summed E-state index contributed by atoms with van der Waals surface area (Å²) in [5, 5.41) is -0.570. The molecule has 0 aliphatic heterocycles. The van der Waals surface area contributed by atoms with Gasteiger partial charge in [0.1, 0.15) is 9.84 Å². The molecule has 0 saturated heterocycles. The first kappa shape index (κ1) is 15.9. The Hall–Kier alpha value is -0.140. The van der Waals surface area contributed by atoms with Crippen molar-refractivity contribution in [3.05, 3.63) is 0 Å². The highest BCUT2D eigenvalue weighted by molar-refractivity contribution is 7.95. The Balaban J connectivity index is 2.74. The summed E-state index contributed by atoms with van der Waals surface area (Å²) in [6, 6.07) is -0.352. The molecule has 1 saturated carbocycles. The Bertz CT molecular complexity index is 455.